The summed E-state index contributed by atoms with van der Waals surface area (Å²) in [5.41, 5.74) is 0.251. The lowest BCUT2D eigenvalue weighted by Crippen LogP contribution is -2.47. The van der Waals surface area contributed by atoms with Gasteiger partial charge in [0.2, 0.25) is 0 Å². The van der Waals surface area contributed by atoms with Gasteiger partial charge >= 0.3 is 0 Å². The molecule has 2 aromatic rings. The van der Waals surface area contributed by atoms with Crippen molar-refractivity contribution in [1.29, 1.82) is 0 Å². The van der Waals surface area contributed by atoms with Gasteiger partial charge in [-0.15, -0.1) is 0 Å². The average molecular weight is 428 g/mol. The van der Waals surface area contributed by atoms with E-state index >= 15 is 0 Å². The maximum Gasteiger partial charge on any atom is 0.268 e. The Bertz CT molecular complexity index is 1050. The number of hydrogen-bond donors (Lipinski definition) is 1. The van der Waals surface area contributed by atoms with Crippen LogP contribution in [0.3, 0.4) is 0 Å². The van der Waals surface area contributed by atoms with Gasteiger partial charge in [0.1, 0.15) is 16.4 Å². The standard InChI is InChI=1S/C18H21NO7S2/c1-25-14-8-9-18(17(10-14)26-2)28(23,24)19(13-6-4-3-5-7-13)15-11-27(21,22)12-16(15)20/h3-10,15-16,20H,11-12H2,1-2H3/t15-,16-/m0/s1. The van der Waals surface area contributed by atoms with Gasteiger partial charge in [0.15, 0.2) is 9.84 Å². The van der Waals surface area contributed by atoms with E-state index < -0.39 is 43.5 Å². The third-order valence-electron chi connectivity index (χ3n) is 4.51. The summed E-state index contributed by atoms with van der Waals surface area (Å²) in [6.45, 7) is 0. The molecule has 1 fully saturated rings. The molecule has 0 aliphatic carbocycles. The topological polar surface area (TPSA) is 110 Å². The Morgan fingerprint density at radius 2 is 1.71 bits per heavy atom. The Kier molecular flexibility index (Phi) is 5.55. The Labute approximate surface area is 164 Å². The van der Waals surface area contributed by atoms with Crippen LogP contribution in [0.4, 0.5) is 5.69 Å². The van der Waals surface area contributed by atoms with Crippen molar-refractivity contribution in [3.8, 4) is 11.5 Å². The third kappa shape index (κ3) is 3.80. The molecule has 28 heavy (non-hydrogen) atoms. The summed E-state index contributed by atoms with van der Waals surface area (Å²) in [4.78, 5) is -0.156. The SMILES string of the molecule is COc1ccc(S(=O)(=O)N(c2ccccc2)[C@H]2CS(=O)(=O)C[C@@H]2O)c(OC)c1. The zero-order valence-corrected chi connectivity index (χ0v) is 17.0. The molecule has 0 bridgehead atoms. The van der Waals surface area contributed by atoms with Crippen LogP contribution < -0.4 is 13.8 Å². The number of aliphatic hydroxyl groups excluding tert-OH is 1. The molecule has 8 nitrogen and oxygen atoms in total. The number of anilines is 1. The molecule has 10 heteroatoms. The lowest BCUT2D eigenvalue weighted by molar-refractivity contribution is 0.184. The molecule has 2 aromatic carbocycles. The highest BCUT2D eigenvalue weighted by atomic mass is 32.2. The number of para-hydroxylation sites is 1. The van der Waals surface area contributed by atoms with Gasteiger partial charge in [0.05, 0.1) is 43.6 Å². The van der Waals surface area contributed by atoms with Gasteiger partial charge in [0, 0.05) is 6.07 Å². The van der Waals surface area contributed by atoms with Crippen molar-refractivity contribution in [2.24, 2.45) is 0 Å². The monoisotopic (exact) mass is 427 g/mol. The molecule has 3 rings (SSSR count). The number of methoxy groups -OCH3 is 2. The fraction of sp³-hybridized carbons (Fsp3) is 0.333. The van der Waals surface area contributed by atoms with Crippen LogP contribution in [0.2, 0.25) is 0 Å². The quantitative estimate of drug-likeness (QED) is 0.734. The van der Waals surface area contributed by atoms with E-state index in [0.717, 1.165) is 4.31 Å². The Balaban J connectivity index is 2.18. The van der Waals surface area contributed by atoms with E-state index in [1.54, 1.807) is 30.3 Å². The summed E-state index contributed by atoms with van der Waals surface area (Å²) in [6, 6.07) is 11.2. The Morgan fingerprint density at radius 1 is 1.04 bits per heavy atom. The highest BCUT2D eigenvalue weighted by Crippen LogP contribution is 2.36. The minimum absolute atomic E-state index is 0.0515. The van der Waals surface area contributed by atoms with Crippen LogP contribution in [0.1, 0.15) is 0 Å². The predicted molar refractivity (Wildman–Crippen MR) is 104 cm³/mol. The fourth-order valence-corrected chi connectivity index (χ4v) is 6.90. The second-order valence-electron chi connectivity index (χ2n) is 6.36. The Morgan fingerprint density at radius 3 is 2.25 bits per heavy atom. The van der Waals surface area contributed by atoms with Crippen molar-refractivity contribution >= 4 is 25.5 Å². The summed E-state index contributed by atoms with van der Waals surface area (Å²) < 4.78 is 62.5. The molecular weight excluding hydrogens is 406 g/mol. The van der Waals surface area contributed by atoms with E-state index in [-0.39, 0.29) is 16.3 Å². The number of aliphatic hydroxyl groups is 1. The number of benzene rings is 2. The molecular formula is C18H21NO7S2. The summed E-state index contributed by atoms with van der Waals surface area (Å²) >= 11 is 0. The van der Waals surface area contributed by atoms with Gasteiger partial charge in [0.25, 0.3) is 10.0 Å². The van der Waals surface area contributed by atoms with Crippen LogP contribution in [0, 0.1) is 0 Å². The first-order valence-electron chi connectivity index (χ1n) is 8.39. The number of sulfonamides is 1. The first-order chi connectivity index (χ1) is 13.2. The van der Waals surface area contributed by atoms with Crippen LogP contribution in [0.5, 0.6) is 11.5 Å². The third-order valence-corrected chi connectivity index (χ3v) is 8.10. The fourth-order valence-electron chi connectivity index (χ4n) is 3.21. The van der Waals surface area contributed by atoms with Crippen LogP contribution in [-0.4, -0.2) is 59.8 Å². The number of nitrogens with zero attached hydrogens (tertiary/aromatic N) is 1. The molecule has 1 aliphatic rings. The van der Waals surface area contributed by atoms with Gasteiger partial charge < -0.3 is 14.6 Å². The highest BCUT2D eigenvalue weighted by molar-refractivity contribution is 7.93. The minimum atomic E-state index is -4.26. The van der Waals surface area contributed by atoms with Crippen LogP contribution in [0.15, 0.2) is 53.4 Å². The molecule has 1 aliphatic heterocycles. The highest BCUT2D eigenvalue weighted by Gasteiger charge is 2.45. The van der Waals surface area contributed by atoms with Gasteiger partial charge in [-0.2, -0.15) is 0 Å². The van der Waals surface area contributed by atoms with Gasteiger partial charge in [-0.3, -0.25) is 4.31 Å². The molecule has 1 heterocycles. The second-order valence-corrected chi connectivity index (χ2v) is 10.3. The number of ether oxygens (including phenoxy) is 2. The first-order valence-corrected chi connectivity index (χ1v) is 11.7. The Hall–Kier alpha value is -2.30. The molecule has 2 atom stereocenters. The lowest BCUT2D eigenvalue weighted by Gasteiger charge is -2.31. The van der Waals surface area contributed by atoms with Crippen molar-refractivity contribution in [3.05, 3.63) is 48.5 Å². The van der Waals surface area contributed by atoms with Crippen molar-refractivity contribution < 1.29 is 31.4 Å². The molecule has 0 amide bonds. The first kappa shape index (κ1) is 20.4. The number of hydrogen-bond acceptors (Lipinski definition) is 7. The molecule has 0 aromatic heterocycles. The summed E-state index contributed by atoms with van der Waals surface area (Å²) in [5.74, 6) is -0.502. The van der Waals surface area contributed by atoms with E-state index in [2.05, 4.69) is 0 Å². The molecule has 152 valence electrons. The normalized spacial score (nSPS) is 21.2. The van der Waals surface area contributed by atoms with Crippen LogP contribution in [-0.2, 0) is 19.9 Å². The van der Waals surface area contributed by atoms with Crippen molar-refractivity contribution in [3.63, 3.8) is 0 Å². The van der Waals surface area contributed by atoms with Gasteiger partial charge in [-0.05, 0) is 24.3 Å². The summed E-state index contributed by atoms with van der Waals surface area (Å²) in [5, 5.41) is 10.3. The van der Waals surface area contributed by atoms with Crippen molar-refractivity contribution in [1.82, 2.24) is 0 Å². The van der Waals surface area contributed by atoms with Crippen LogP contribution >= 0.6 is 0 Å². The van der Waals surface area contributed by atoms with E-state index in [1.807, 2.05) is 0 Å². The predicted octanol–water partition coefficient (Wildman–Crippen LogP) is 1.06. The van der Waals surface area contributed by atoms with E-state index in [9.17, 15) is 21.9 Å². The zero-order valence-electron chi connectivity index (χ0n) is 15.3. The molecule has 0 spiro atoms. The average Bonchev–Trinajstić information content (AvgIpc) is 2.93. The summed E-state index contributed by atoms with van der Waals surface area (Å²) in [7, 11) is -5.06. The van der Waals surface area contributed by atoms with Gasteiger partial charge in [-0.1, -0.05) is 18.2 Å². The lowest BCUT2D eigenvalue weighted by atomic mass is 10.2. The zero-order chi connectivity index (χ0) is 20.5. The number of rotatable bonds is 6. The maximum absolute atomic E-state index is 13.6. The van der Waals surface area contributed by atoms with E-state index in [4.69, 9.17) is 9.47 Å². The molecule has 0 saturated carbocycles. The molecule has 1 N–H and O–H groups in total. The number of sulfone groups is 1. The van der Waals surface area contributed by atoms with Crippen LogP contribution in [0.25, 0.3) is 0 Å². The molecule has 1 saturated heterocycles. The molecule has 0 unspecified atom stereocenters. The van der Waals surface area contributed by atoms with E-state index in [0.29, 0.717) is 5.75 Å². The summed E-state index contributed by atoms with van der Waals surface area (Å²) in [6.07, 6.45) is -1.34. The van der Waals surface area contributed by atoms with Crippen molar-refractivity contribution in [2.45, 2.75) is 17.0 Å². The second kappa shape index (κ2) is 7.61. The van der Waals surface area contributed by atoms with Crippen molar-refractivity contribution in [2.75, 3.05) is 30.0 Å². The van der Waals surface area contributed by atoms with Gasteiger partial charge in [-0.25, -0.2) is 16.8 Å². The van der Waals surface area contributed by atoms with E-state index in [1.165, 1.54) is 32.4 Å². The molecule has 0 radical (unpaired) electrons. The minimum Gasteiger partial charge on any atom is -0.497 e. The maximum atomic E-state index is 13.6. The smallest absolute Gasteiger partial charge is 0.268 e. The largest absolute Gasteiger partial charge is 0.497 e.